The van der Waals surface area contributed by atoms with Gasteiger partial charge in [-0.25, -0.2) is 4.79 Å². The maximum absolute atomic E-state index is 11.0. The molecule has 1 aromatic carbocycles. The van der Waals surface area contributed by atoms with Gasteiger partial charge in [0.15, 0.2) is 0 Å². The first-order chi connectivity index (χ1) is 8.85. The van der Waals surface area contributed by atoms with Gasteiger partial charge in [0, 0.05) is 11.6 Å². The molecular weight excluding hydrogens is 244 g/mol. The fraction of sp³-hybridized carbons (Fsp3) is 0.400. The van der Waals surface area contributed by atoms with Crippen LogP contribution in [0, 0.1) is 0 Å². The highest BCUT2D eigenvalue weighted by Crippen LogP contribution is 2.25. The van der Waals surface area contributed by atoms with Crippen molar-refractivity contribution < 1.29 is 19.4 Å². The van der Waals surface area contributed by atoms with Gasteiger partial charge in [0.25, 0.3) is 0 Å². The topological polar surface area (TPSA) is 55.8 Å². The molecule has 0 spiro atoms. The SMILES string of the molecule is COC(=O)/C=C/c1ccc(OC(C)(C)C)c(CO)c1. The summed E-state index contributed by atoms with van der Waals surface area (Å²) in [5.74, 6) is 0.228. The number of hydrogen-bond donors (Lipinski definition) is 1. The summed E-state index contributed by atoms with van der Waals surface area (Å²) in [5, 5.41) is 9.37. The van der Waals surface area contributed by atoms with Crippen molar-refractivity contribution in [1.82, 2.24) is 0 Å². The summed E-state index contributed by atoms with van der Waals surface area (Å²) in [5.41, 5.74) is 1.16. The Kier molecular flexibility index (Phi) is 5.12. The second-order valence-electron chi connectivity index (χ2n) is 5.10. The van der Waals surface area contributed by atoms with Gasteiger partial charge >= 0.3 is 5.97 Å². The maximum Gasteiger partial charge on any atom is 0.330 e. The van der Waals surface area contributed by atoms with Gasteiger partial charge in [-0.3, -0.25) is 0 Å². The van der Waals surface area contributed by atoms with Crippen molar-refractivity contribution in [2.45, 2.75) is 33.0 Å². The number of rotatable bonds is 4. The Morgan fingerprint density at radius 2 is 2.05 bits per heavy atom. The average molecular weight is 264 g/mol. The van der Waals surface area contributed by atoms with Crippen LogP contribution in [-0.2, 0) is 16.1 Å². The first-order valence-corrected chi connectivity index (χ1v) is 6.04. The lowest BCUT2D eigenvalue weighted by Crippen LogP contribution is -2.23. The zero-order valence-corrected chi connectivity index (χ0v) is 11.8. The van der Waals surface area contributed by atoms with Crippen molar-refractivity contribution in [3.63, 3.8) is 0 Å². The number of carbonyl (C=O) groups excluding carboxylic acids is 1. The summed E-state index contributed by atoms with van der Waals surface area (Å²) in [6, 6.07) is 5.38. The molecule has 0 atom stereocenters. The zero-order valence-electron chi connectivity index (χ0n) is 11.8. The summed E-state index contributed by atoms with van der Waals surface area (Å²) >= 11 is 0. The Bertz CT molecular complexity index is 470. The van der Waals surface area contributed by atoms with E-state index in [1.807, 2.05) is 26.8 Å². The van der Waals surface area contributed by atoms with Gasteiger partial charge in [0.2, 0.25) is 0 Å². The third kappa shape index (κ3) is 5.14. The van der Waals surface area contributed by atoms with Gasteiger partial charge in [-0.15, -0.1) is 0 Å². The van der Waals surface area contributed by atoms with E-state index in [-0.39, 0.29) is 12.2 Å². The van der Waals surface area contributed by atoms with Crippen molar-refractivity contribution in [3.05, 3.63) is 35.4 Å². The highest BCUT2D eigenvalue weighted by molar-refractivity contribution is 5.86. The van der Waals surface area contributed by atoms with Crippen molar-refractivity contribution in [3.8, 4) is 5.75 Å². The van der Waals surface area contributed by atoms with Crippen molar-refractivity contribution in [2.24, 2.45) is 0 Å². The van der Waals surface area contributed by atoms with Gasteiger partial charge in [-0.05, 0) is 44.5 Å². The number of hydrogen-bond acceptors (Lipinski definition) is 4. The predicted molar refractivity (Wildman–Crippen MR) is 73.8 cm³/mol. The van der Waals surface area contributed by atoms with E-state index in [2.05, 4.69) is 4.74 Å². The molecule has 0 unspecified atom stereocenters. The van der Waals surface area contributed by atoms with Crippen LogP contribution in [0.15, 0.2) is 24.3 Å². The van der Waals surface area contributed by atoms with E-state index in [0.717, 1.165) is 5.56 Å². The number of esters is 1. The Balaban J connectivity index is 2.96. The lowest BCUT2D eigenvalue weighted by atomic mass is 10.1. The second kappa shape index (κ2) is 6.38. The van der Waals surface area contributed by atoms with Crippen LogP contribution in [0.2, 0.25) is 0 Å². The number of aliphatic hydroxyl groups is 1. The number of methoxy groups -OCH3 is 1. The molecule has 0 aliphatic rings. The number of ether oxygens (including phenoxy) is 2. The summed E-state index contributed by atoms with van der Waals surface area (Å²) in [6.07, 6.45) is 2.96. The number of aliphatic hydroxyl groups excluding tert-OH is 1. The highest BCUT2D eigenvalue weighted by Gasteiger charge is 2.14. The Hall–Kier alpha value is -1.81. The van der Waals surface area contributed by atoms with Gasteiger partial charge in [-0.1, -0.05) is 6.07 Å². The highest BCUT2D eigenvalue weighted by atomic mass is 16.5. The van der Waals surface area contributed by atoms with E-state index in [0.29, 0.717) is 11.3 Å². The van der Waals surface area contributed by atoms with Crippen LogP contribution in [-0.4, -0.2) is 23.8 Å². The first-order valence-electron chi connectivity index (χ1n) is 6.04. The van der Waals surface area contributed by atoms with Crippen molar-refractivity contribution in [2.75, 3.05) is 7.11 Å². The third-order valence-corrected chi connectivity index (χ3v) is 2.28. The van der Waals surface area contributed by atoms with E-state index in [1.165, 1.54) is 13.2 Å². The summed E-state index contributed by atoms with van der Waals surface area (Å²) in [4.78, 5) is 11.0. The van der Waals surface area contributed by atoms with Crippen molar-refractivity contribution in [1.29, 1.82) is 0 Å². The quantitative estimate of drug-likeness (QED) is 0.670. The van der Waals surface area contributed by atoms with Crippen LogP contribution in [0.5, 0.6) is 5.75 Å². The van der Waals surface area contributed by atoms with E-state index < -0.39 is 5.97 Å². The third-order valence-electron chi connectivity index (χ3n) is 2.28. The molecule has 0 saturated carbocycles. The van der Waals surface area contributed by atoms with E-state index in [1.54, 1.807) is 18.2 Å². The molecule has 0 saturated heterocycles. The fourth-order valence-electron chi connectivity index (χ4n) is 1.49. The Morgan fingerprint density at radius 1 is 1.37 bits per heavy atom. The van der Waals surface area contributed by atoms with Crippen LogP contribution in [0.3, 0.4) is 0 Å². The molecule has 1 N–H and O–H groups in total. The van der Waals surface area contributed by atoms with Gasteiger partial charge in [-0.2, -0.15) is 0 Å². The van der Waals surface area contributed by atoms with Crippen LogP contribution in [0.4, 0.5) is 0 Å². The van der Waals surface area contributed by atoms with Gasteiger partial charge in [0.1, 0.15) is 11.4 Å². The monoisotopic (exact) mass is 264 g/mol. The molecule has 4 nitrogen and oxygen atoms in total. The van der Waals surface area contributed by atoms with E-state index in [4.69, 9.17) is 4.74 Å². The van der Waals surface area contributed by atoms with Crippen LogP contribution >= 0.6 is 0 Å². The molecule has 1 aromatic rings. The largest absolute Gasteiger partial charge is 0.488 e. The standard InChI is InChI=1S/C15H20O4/c1-15(2,3)19-13-7-5-11(9-12(13)10-16)6-8-14(17)18-4/h5-9,16H,10H2,1-4H3/b8-6+. The molecule has 104 valence electrons. The first kappa shape index (κ1) is 15.2. The van der Waals surface area contributed by atoms with Crippen LogP contribution in [0.25, 0.3) is 6.08 Å². The number of carbonyl (C=O) groups is 1. The minimum absolute atomic E-state index is 0.120. The molecule has 0 aliphatic heterocycles. The normalized spacial score (nSPS) is 11.6. The van der Waals surface area contributed by atoms with Crippen molar-refractivity contribution >= 4 is 12.0 Å². The molecule has 0 aliphatic carbocycles. The molecule has 0 amide bonds. The zero-order chi connectivity index (χ0) is 14.5. The predicted octanol–water partition coefficient (Wildman–Crippen LogP) is 2.54. The molecule has 0 fully saturated rings. The minimum atomic E-state index is -0.416. The van der Waals surface area contributed by atoms with Crippen LogP contribution < -0.4 is 4.74 Å². The molecule has 0 bridgehead atoms. The van der Waals surface area contributed by atoms with Gasteiger partial charge in [0.05, 0.1) is 13.7 Å². The van der Waals surface area contributed by atoms with E-state index in [9.17, 15) is 9.90 Å². The second-order valence-corrected chi connectivity index (χ2v) is 5.10. The summed E-state index contributed by atoms with van der Waals surface area (Å²) in [7, 11) is 1.33. The van der Waals surface area contributed by atoms with Gasteiger partial charge < -0.3 is 14.6 Å². The summed E-state index contributed by atoms with van der Waals surface area (Å²) in [6.45, 7) is 5.71. The Labute approximate surface area is 113 Å². The number of benzene rings is 1. The smallest absolute Gasteiger partial charge is 0.330 e. The summed E-state index contributed by atoms with van der Waals surface area (Å²) < 4.78 is 10.3. The molecular formula is C15H20O4. The van der Waals surface area contributed by atoms with Crippen LogP contribution in [0.1, 0.15) is 31.9 Å². The molecule has 4 heteroatoms. The molecule has 1 rings (SSSR count). The molecule has 0 aromatic heterocycles. The molecule has 0 heterocycles. The van der Waals surface area contributed by atoms with E-state index >= 15 is 0 Å². The minimum Gasteiger partial charge on any atom is -0.488 e. The molecule has 0 radical (unpaired) electrons. The average Bonchev–Trinajstić information content (AvgIpc) is 2.35. The lowest BCUT2D eigenvalue weighted by Gasteiger charge is -2.23. The Morgan fingerprint density at radius 3 is 2.58 bits per heavy atom. The molecule has 19 heavy (non-hydrogen) atoms. The maximum atomic E-state index is 11.0. The lowest BCUT2D eigenvalue weighted by molar-refractivity contribution is -0.134. The fourth-order valence-corrected chi connectivity index (χ4v) is 1.49.